The van der Waals surface area contributed by atoms with Crippen LogP contribution in [0.1, 0.15) is 50.9 Å². The number of hydrogen-bond acceptors (Lipinski definition) is 1. The Hall–Kier alpha value is -0.990. The second-order valence-electron chi connectivity index (χ2n) is 4.08. The molecule has 0 saturated carbocycles. The Morgan fingerprint density at radius 2 is 2.07 bits per heavy atom. The first kappa shape index (κ1) is 11.1. The van der Waals surface area contributed by atoms with Crippen LogP contribution in [0.4, 0.5) is 0 Å². The average Bonchev–Trinajstić information content (AvgIpc) is 2.41. The number of aromatic nitrogens is 2. The van der Waals surface area contributed by atoms with E-state index in [9.17, 15) is 4.79 Å². The van der Waals surface area contributed by atoms with Gasteiger partial charge in [-0.1, -0.05) is 13.3 Å². The molecule has 14 heavy (non-hydrogen) atoms. The summed E-state index contributed by atoms with van der Waals surface area (Å²) >= 11 is 0. The highest BCUT2D eigenvalue weighted by molar-refractivity contribution is 5.16. The predicted molar refractivity (Wildman–Crippen MR) is 58.8 cm³/mol. The Kier molecular flexibility index (Phi) is 3.55. The molecule has 0 amide bonds. The van der Waals surface area contributed by atoms with Gasteiger partial charge in [0.15, 0.2) is 0 Å². The normalized spacial score (nSPS) is 11.2. The molecule has 0 spiro atoms. The molecule has 0 aliphatic heterocycles. The Morgan fingerprint density at radius 1 is 1.43 bits per heavy atom. The van der Waals surface area contributed by atoms with Gasteiger partial charge in [0.2, 0.25) is 0 Å². The number of nitrogens with zero attached hydrogens (tertiary/aromatic N) is 1. The fourth-order valence-corrected chi connectivity index (χ4v) is 1.67. The van der Waals surface area contributed by atoms with E-state index in [2.05, 4.69) is 25.9 Å². The third-order valence-corrected chi connectivity index (χ3v) is 2.57. The molecule has 0 radical (unpaired) electrons. The number of hydrogen-bond donors (Lipinski definition) is 1. The highest BCUT2D eigenvalue weighted by Crippen LogP contribution is 2.12. The van der Waals surface area contributed by atoms with Crippen LogP contribution >= 0.6 is 0 Å². The van der Waals surface area contributed by atoms with Crippen molar-refractivity contribution in [1.29, 1.82) is 0 Å². The van der Waals surface area contributed by atoms with Crippen LogP contribution in [0.25, 0.3) is 0 Å². The summed E-state index contributed by atoms with van der Waals surface area (Å²) in [6.07, 6.45) is 3.31. The number of H-pyrrole nitrogens is 1. The first-order valence-electron chi connectivity index (χ1n) is 5.37. The van der Waals surface area contributed by atoms with Crippen molar-refractivity contribution in [2.75, 3.05) is 0 Å². The van der Waals surface area contributed by atoms with Crippen molar-refractivity contribution in [3.8, 4) is 0 Å². The van der Waals surface area contributed by atoms with E-state index in [1.165, 1.54) is 5.69 Å². The zero-order valence-corrected chi connectivity index (χ0v) is 9.55. The molecule has 1 aromatic rings. The summed E-state index contributed by atoms with van der Waals surface area (Å²) in [4.78, 5) is 11.5. The molecule has 0 unspecified atom stereocenters. The van der Waals surface area contributed by atoms with Gasteiger partial charge in [0.25, 0.3) is 5.56 Å². The fraction of sp³-hybridized carbons (Fsp3) is 0.727. The second-order valence-corrected chi connectivity index (χ2v) is 4.08. The van der Waals surface area contributed by atoms with Crippen LogP contribution in [0.15, 0.2) is 4.79 Å². The molecular formula is C11H20N2O. The lowest BCUT2D eigenvalue weighted by molar-refractivity contribution is 0.501. The predicted octanol–water partition coefficient (Wildman–Crippen LogP) is 2.41. The number of aromatic amines is 1. The van der Waals surface area contributed by atoms with Gasteiger partial charge < -0.3 is 0 Å². The van der Waals surface area contributed by atoms with E-state index in [4.69, 9.17) is 0 Å². The van der Waals surface area contributed by atoms with Gasteiger partial charge in [-0.3, -0.25) is 14.6 Å². The molecule has 0 aromatic carbocycles. The summed E-state index contributed by atoms with van der Waals surface area (Å²) in [5, 5.41) is 2.88. The Labute approximate surface area is 85.1 Å². The maximum Gasteiger partial charge on any atom is 0.267 e. The van der Waals surface area contributed by atoms with Gasteiger partial charge in [0.1, 0.15) is 0 Å². The average molecular weight is 196 g/mol. The summed E-state index contributed by atoms with van der Waals surface area (Å²) in [5.74, 6) is 0. The van der Waals surface area contributed by atoms with Crippen LogP contribution in [-0.4, -0.2) is 9.78 Å². The molecule has 3 heteroatoms. The first-order valence-corrected chi connectivity index (χ1v) is 5.37. The van der Waals surface area contributed by atoms with E-state index >= 15 is 0 Å². The summed E-state index contributed by atoms with van der Waals surface area (Å²) in [7, 11) is 0. The SMILES string of the molecule is CCCCc1c(C)c(=O)[nH]n1C(C)C. The van der Waals surface area contributed by atoms with E-state index < -0.39 is 0 Å². The Balaban J connectivity index is 3.03. The molecular weight excluding hydrogens is 176 g/mol. The third-order valence-electron chi connectivity index (χ3n) is 2.57. The number of nitrogens with one attached hydrogen (secondary N) is 1. The molecule has 1 aromatic heterocycles. The molecule has 80 valence electrons. The maximum atomic E-state index is 11.5. The van der Waals surface area contributed by atoms with E-state index in [0.29, 0.717) is 6.04 Å². The highest BCUT2D eigenvalue weighted by atomic mass is 16.1. The summed E-state index contributed by atoms with van der Waals surface area (Å²) in [6.45, 7) is 8.25. The van der Waals surface area contributed by atoms with Gasteiger partial charge >= 0.3 is 0 Å². The van der Waals surface area contributed by atoms with Crippen molar-refractivity contribution in [1.82, 2.24) is 9.78 Å². The molecule has 3 nitrogen and oxygen atoms in total. The molecule has 0 fully saturated rings. The highest BCUT2D eigenvalue weighted by Gasteiger charge is 2.11. The zero-order chi connectivity index (χ0) is 10.7. The minimum Gasteiger partial charge on any atom is -0.286 e. The third kappa shape index (κ3) is 2.08. The van der Waals surface area contributed by atoms with Crippen molar-refractivity contribution < 1.29 is 0 Å². The smallest absolute Gasteiger partial charge is 0.267 e. The molecule has 0 aliphatic carbocycles. The van der Waals surface area contributed by atoms with E-state index in [0.717, 1.165) is 24.8 Å². The molecule has 0 atom stereocenters. The topological polar surface area (TPSA) is 37.8 Å². The summed E-state index contributed by atoms with van der Waals surface area (Å²) in [6, 6.07) is 0.336. The zero-order valence-electron chi connectivity index (χ0n) is 9.55. The number of rotatable bonds is 4. The Morgan fingerprint density at radius 3 is 2.57 bits per heavy atom. The van der Waals surface area contributed by atoms with Crippen LogP contribution in [-0.2, 0) is 6.42 Å². The minimum atomic E-state index is 0.0600. The standard InChI is InChI=1S/C11H20N2O/c1-5-6-7-10-9(4)11(14)12-13(10)8(2)3/h8H,5-7H2,1-4H3,(H,12,14). The van der Waals surface area contributed by atoms with Gasteiger partial charge in [0, 0.05) is 17.3 Å². The van der Waals surface area contributed by atoms with E-state index in [-0.39, 0.29) is 5.56 Å². The summed E-state index contributed by atoms with van der Waals surface area (Å²) < 4.78 is 1.99. The van der Waals surface area contributed by atoms with Crippen LogP contribution in [0.5, 0.6) is 0 Å². The maximum absolute atomic E-state index is 11.5. The van der Waals surface area contributed by atoms with Gasteiger partial charge in [-0.15, -0.1) is 0 Å². The van der Waals surface area contributed by atoms with Crippen LogP contribution in [0.2, 0.25) is 0 Å². The van der Waals surface area contributed by atoms with Gasteiger partial charge in [0.05, 0.1) is 0 Å². The molecule has 0 bridgehead atoms. The first-order chi connectivity index (χ1) is 6.57. The monoisotopic (exact) mass is 196 g/mol. The molecule has 1 rings (SSSR count). The van der Waals surface area contributed by atoms with Crippen molar-refractivity contribution in [3.05, 3.63) is 21.6 Å². The molecule has 0 aliphatic rings. The van der Waals surface area contributed by atoms with Gasteiger partial charge in [-0.25, -0.2) is 0 Å². The second kappa shape index (κ2) is 4.49. The van der Waals surface area contributed by atoms with Crippen LogP contribution < -0.4 is 5.56 Å². The van der Waals surface area contributed by atoms with Gasteiger partial charge in [-0.2, -0.15) is 0 Å². The molecule has 1 heterocycles. The van der Waals surface area contributed by atoms with Gasteiger partial charge in [-0.05, 0) is 33.6 Å². The lowest BCUT2D eigenvalue weighted by Crippen LogP contribution is -2.10. The van der Waals surface area contributed by atoms with Crippen molar-refractivity contribution in [2.24, 2.45) is 0 Å². The largest absolute Gasteiger partial charge is 0.286 e. The lowest BCUT2D eigenvalue weighted by Gasteiger charge is -2.12. The lowest BCUT2D eigenvalue weighted by atomic mass is 10.1. The fourth-order valence-electron chi connectivity index (χ4n) is 1.67. The van der Waals surface area contributed by atoms with Crippen molar-refractivity contribution in [2.45, 2.75) is 53.0 Å². The van der Waals surface area contributed by atoms with E-state index in [1.54, 1.807) is 0 Å². The molecule has 1 N–H and O–H groups in total. The number of unbranched alkanes of at least 4 members (excludes halogenated alkanes) is 1. The van der Waals surface area contributed by atoms with Crippen LogP contribution in [0.3, 0.4) is 0 Å². The minimum absolute atomic E-state index is 0.0600. The quantitative estimate of drug-likeness (QED) is 0.789. The van der Waals surface area contributed by atoms with Crippen molar-refractivity contribution in [3.63, 3.8) is 0 Å². The van der Waals surface area contributed by atoms with Crippen molar-refractivity contribution >= 4 is 0 Å². The summed E-state index contributed by atoms with van der Waals surface area (Å²) in [5.41, 5.74) is 2.11. The van der Waals surface area contributed by atoms with Crippen LogP contribution in [0, 0.1) is 6.92 Å². The Bertz CT molecular complexity index is 347. The molecule has 0 saturated heterocycles. The van der Waals surface area contributed by atoms with E-state index in [1.807, 2.05) is 11.6 Å².